The number of carbonyl (C=O) groups is 1. The average molecular weight is 392 g/mol. The first-order chi connectivity index (χ1) is 14.1. The van der Waals surface area contributed by atoms with Crippen LogP contribution in [0.2, 0.25) is 0 Å². The highest BCUT2D eigenvalue weighted by Crippen LogP contribution is 2.25. The van der Waals surface area contributed by atoms with Gasteiger partial charge in [0, 0.05) is 45.0 Å². The topological polar surface area (TPSA) is 26.8 Å². The lowest BCUT2D eigenvalue weighted by molar-refractivity contribution is -0.137. The van der Waals surface area contributed by atoms with Gasteiger partial charge in [-0.05, 0) is 56.0 Å². The number of piperidine rings is 1. The van der Waals surface area contributed by atoms with Crippen LogP contribution in [0.3, 0.4) is 0 Å². The van der Waals surface area contributed by atoms with Crippen molar-refractivity contribution in [3.63, 3.8) is 0 Å². The van der Waals surface area contributed by atoms with Crippen molar-refractivity contribution in [1.82, 2.24) is 9.80 Å². The molecule has 0 radical (unpaired) electrons. The lowest BCUT2D eigenvalue weighted by atomic mass is 9.95. The molecule has 154 valence electrons. The summed E-state index contributed by atoms with van der Waals surface area (Å²) in [6.07, 6.45) is 2.15. The summed E-state index contributed by atoms with van der Waals surface area (Å²) < 4.78 is 0. The zero-order chi connectivity index (χ0) is 20.2. The molecule has 4 rings (SSSR count). The molecule has 2 heterocycles. The van der Waals surface area contributed by atoms with Crippen LogP contribution in [0, 0.1) is 19.8 Å². The van der Waals surface area contributed by atoms with Gasteiger partial charge >= 0.3 is 0 Å². The lowest BCUT2D eigenvalue weighted by Crippen LogP contribution is -2.52. The van der Waals surface area contributed by atoms with Crippen LogP contribution in [0.25, 0.3) is 0 Å². The molecule has 0 aliphatic carbocycles. The minimum absolute atomic E-state index is 0.153. The Bertz CT molecular complexity index is 827. The molecule has 1 atom stereocenters. The molecular formula is C25H33N3O. The Labute approximate surface area is 175 Å². The molecule has 2 saturated heterocycles. The Morgan fingerprint density at radius 1 is 0.931 bits per heavy atom. The smallest absolute Gasteiger partial charge is 0.227 e. The number of nitrogens with zero attached hydrogens (tertiary/aromatic N) is 3. The summed E-state index contributed by atoms with van der Waals surface area (Å²) in [5.41, 5.74) is 5.35. The number of hydrogen-bond donors (Lipinski definition) is 0. The molecule has 1 amide bonds. The summed E-state index contributed by atoms with van der Waals surface area (Å²) in [5, 5.41) is 0. The molecule has 0 aromatic heterocycles. The highest BCUT2D eigenvalue weighted by atomic mass is 16.2. The summed E-state index contributed by atoms with van der Waals surface area (Å²) in [6.45, 7) is 10.8. The van der Waals surface area contributed by atoms with Crippen LogP contribution in [0.5, 0.6) is 0 Å². The standard InChI is InChI=1S/C25H33N3O/c1-20-8-6-12-24(21(20)2)27-14-16-28(17-15-27)25(29)23-11-7-13-26(19-23)18-22-9-4-3-5-10-22/h3-6,8-10,12,23H,7,11,13-19H2,1-2H3. The van der Waals surface area contributed by atoms with E-state index in [1.165, 1.54) is 22.4 Å². The maximum atomic E-state index is 13.2. The van der Waals surface area contributed by atoms with Gasteiger partial charge in [0.2, 0.25) is 5.91 Å². The van der Waals surface area contributed by atoms with E-state index in [1.807, 2.05) is 0 Å². The summed E-state index contributed by atoms with van der Waals surface area (Å²) >= 11 is 0. The molecule has 2 aromatic carbocycles. The fourth-order valence-corrected chi connectivity index (χ4v) is 4.75. The van der Waals surface area contributed by atoms with Gasteiger partial charge in [-0.1, -0.05) is 42.5 Å². The maximum Gasteiger partial charge on any atom is 0.227 e. The molecule has 0 N–H and O–H groups in total. The Kier molecular flexibility index (Phi) is 6.19. The van der Waals surface area contributed by atoms with Gasteiger partial charge < -0.3 is 9.80 Å². The van der Waals surface area contributed by atoms with Crippen LogP contribution in [0.15, 0.2) is 48.5 Å². The predicted molar refractivity (Wildman–Crippen MR) is 119 cm³/mol. The van der Waals surface area contributed by atoms with Crippen molar-refractivity contribution < 1.29 is 4.79 Å². The highest BCUT2D eigenvalue weighted by Gasteiger charge is 2.31. The predicted octanol–water partition coefficient (Wildman–Crippen LogP) is 3.86. The van der Waals surface area contributed by atoms with Crippen molar-refractivity contribution in [1.29, 1.82) is 0 Å². The van der Waals surface area contributed by atoms with E-state index in [0.29, 0.717) is 5.91 Å². The van der Waals surface area contributed by atoms with Crippen LogP contribution in [-0.2, 0) is 11.3 Å². The number of benzene rings is 2. The van der Waals surface area contributed by atoms with Crippen molar-refractivity contribution in [3.05, 3.63) is 65.2 Å². The van der Waals surface area contributed by atoms with Gasteiger partial charge in [-0.2, -0.15) is 0 Å². The second-order valence-electron chi connectivity index (χ2n) is 8.59. The van der Waals surface area contributed by atoms with E-state index in [2.05, 4.69) is 77.1 Å². The Morgan fingerprint density at radius 3 is 2.45 bits per heavy atom. The molecule has 1 unspecified atom stereocenters. The van der Waals surface area contributed by atoms with Gasteiger partial charge in [0.05, 0.1) is 5.92 Å². The van der Waals surface area contributed by atoms with E-state index >= 15 is 0 Å². The maximum absolute atomic E-state index is 13.2. The zero-order valence-corrected chi connectivity index (χ0v) is 17.8. The first-order valence-corrected chi connectivity index (χ1v) is 11.0. The first-order valence-electron chi connectivity index (χ1n) is 11.0. The molecule has 4 heteroatoms. The second-order valence-corrected chi connectivity index (χ2v) is 8.59. The summed E-state index contributed by atoms with van der Waals surface area (Å²) in [6, 6.07) is 17.1. The van der Waals surface area contributed by atoms with E-state index < -0.39 is 0 Å². The SMILES string of the molecule is Cc1cccc(N2CCN(C(=O)C3CCCN(Cc4ccccc4)C3)CC2)c1C. The number of hydrogen-bond acceptors (Lipinski definition) is 3. The summed E-state index contributed by atoms with van der Waals surface area (Å²) in [5.74, 6) is 0.517. The third-order valence-corrected chi connectivity index (χ3v) is 6.61. The third-order valence-electron chi connectivity index (χ3n) is 6.61. The molecule has 0 spiro atoms. The molecule has 29 heavy (non-hydrogen) atoms. The number of anilines is 1. The van der Waals surface area contributed by atoms with Gasteiger partial charge in [-0.3, -0.25) is 9.69 Å². The fourth-order valence-electron chi connectivity index (χ4n) is 4.75. The van der Waals surface area contributed by atoms with Gasteiger partial charge in [-0.25, -0.2) is 0 Å². The first kappa shape index (κ1) is 20.0. The van der Waals surface area contributed by atoms with Gasteiger partial charge in [-0.15, -0.1) is 0 Å². The molecule has 2 fully saturated rings. The summed E-state index contributed by atoms with van der Waals surface area (Å²) in [4.78, 5) is 20.2. The number of carbonyl (C=O) groups excluding carboxylic acids is 1. The van der Waals surface area contributed by atoms with Crippen molar-refractivity contribution >= 4 is 11.6 Å². The van der Waals surface area contributed by atoms with Crippen molar-refractivity contribution in [2.75, 3.05) is 44.2 Å². The van der Waals surface area contributed by atoms with Crippen molar-refractivity contribution in [3.8, 4) is 0 Å². The Hall–Kier alpha value is -2.33. The third kappa shape index (κ3) is 4.64. The van der Waals surface area contributed by atoms with Crippen molar-refractivity contribution in [2.45, 2.75) is 33.2 Å². The van der Waals surface area contributed by atoms with Crippen LogP contribution < -0.4 is 4.90 Å². The average Bonchev–Trinajstić information content (AvgIpc) is 2.76. The molecule has 2 aliphatic heterocycles. The molecule has 0 saturated carbocycles. The highest BCUT2D eigenvalue weighted by molar-refractivity contribution is 5.79. The number of aryl methyl sites for hydroxylation is 1. The molecule has 4 nitrogen and oxygen atoms in total. The Morgan fingerprint density at radius 2 is 1.69 bits per heavy atom. The molecule has 0 bridgehead atoms. The number of amides is 1. The fraction of sp³-hybridized carbons (Fsp3) is 0.480. The second kappa shape index (κ2) is 9.00. The van der Waals surface area contributed by atoms with Gasteiger partial charge in [0.15, 0.2) is 0 Å². The number of piperazine rings is 1. The summed E-state index contributed by atoms with van der Waals surface area (Å²) in [7, 11) is 0. The van der Waals surface area contributed by atoms with E-state index in [-0.39, 0.29) is 5.92 Å². The largest absolute Gasteiger partial charge is 0.368 e. The molecular weight excluding hydrogens is 358 g/mol. The minimum Gasteiger partial charge on any atom is -0.368 e. The Balaban J connectivity index is 1.32. The zero-order valence-electron chi connectivity index (χ0n) is 17.8. The quantitative estimate of drug-likeness (QED) is 0.792. The van der Waals surface area contributed by atoms with E-state index in [4.69, 9.17) is 0 Å². The van der Waals surface area contributed by atoms with E-state index in [9.17, 15) is 4.79 Å². The van der Waals surface area contributed by atoms with Gasteiger partial charge in [0.25, 0.3) is 0 Å². The number of rotatable bonds is 4. The lowest BCUT2D eigenvalue weighted by Gasteiger charge is -2.40. The molecule has 2 aliphatic rings. The normalized spacial score (nSPS) is 20.7. The number of likely N-dealkylation sites (tertiary alicyclic amines) is 1. The monoisotopic (exact) mass is 391 g/mol. The van der Waals surface area contributed by atoms with Crippen LogP contribution in [0.1, 0.15) is 29.5 Å². The van der Waals surface area contributed by atoms with Crippen molar-refractivity contribution in [2.24, 2.45) is 5.92 Å². The van der Waals surface area contributed by atoms with Crippen LogP contribution in [0.4, 0.5) is 5.69 Å². The molecule has 2 aromatic rings. The van der Waals surface area contributed by atoms with Crippen LogP contribution >= 0.6 is 0 Å². The van der Waals surface area contributed by atoms with E-state index in [1.54, 1.807) is 0 Å². The van der Waals surface area contributed by atoms with Crippen LogP contribution in [-0.4, -0.2) is 55.0 Å². The van der Waals surface area contributed by atoms with E-state index in [0.717, 1.165) is 58.7 Å². The minimum atomic E-state index is 0.153. The van der Waals surface area contributed by atoms with Gasteiger partial charge in [0.1, 0.15) is 0 Å².